The molecule has 226 valence electrons. The summed E-state index contributed by atoms with van der Waals surface area (Å²) in [6.45, 7) is 4.90. The third-order valence-electron chi connectivity index (χ3n) is 6.54. The summed E-state index contributed by atoms with van der Waals surface area (Å²) in [5.74, 6) is 0.0728. The summed E-state index contributed by atoms with van der Waals surface area (Å²) in [5, 5.41) is 7.46. The van der Waals surface area contributed by atoms with E-state index >= 15 is 0 Å². The van der Waals surface area contributed by atoms with Crippen LogP contribution in [-0.4, -0.2) is 95.5 Å². The highest BCUT2D eigenvalue weighted by Crippen LogP contribution is 2.37. The number of piperidine rings is 1. The first-order chi connectivity index (χ1) is 19.8. The number of rotatable bonds is 9. The van der Waals surface area contributed by atoms with Crippen molar-refractivity contribution in [2.45, 2.75) is 50.6 Å². The Labute approximate surface area is 239 Å². The van der Waals surface area contributed by atoms with Crippen LogP contribution in [0.4, 0.5) is 16.3 Å². The highest BCUT2D eigenvalue weighted by molar-refractivity contribution is 7.93. The standard InChI is InChI=1S/C22H28FN9O6S.C2H6.H2/c1-35-14-7-15(11-31(10-14)21-24-8-13(23)9-25-21)39(33,34)30-22-29-28-18(16-5-4-6-38-16)32(22)17-19(36-2)26-12-27-20(17)37-3;1-2;/h8-9,12,14-16H,4-7,10-11H2,1-3H3,(H,29,30);1-2H3;1H/t14-,15+,16+;;/m1../s1. The van der Waals surface area contributed by atoms with Gasteiger partial charge in [-0.25, -0.2) is 22.8 Å². The van der Waals surface area contributed by atoms with E-state index in [0.717, 1.165) is 18.8 Å². The van der Waals surface area contributed by atoms with Crippen molar-refractivity contribution < 1.29 is 33.2 Å². The quantitative estimate of drug-likeness (QED) is 0.381. The predicted octanol–water partition coefficient (Wildman–Crippen LogP) is 2.16. The SMILES string of the molecule is CC.COc1ncnc(OC)c1-n1c(NS(=O)(=O)[C@H]2C[C@@H](OC)CN(c3ncc(F)cn3)C2)nnc1[C@@H]1CCCO1.[HH]. The molecule has 17 heteroatoms. The maximum Gasteiger partial charge on any atom is 0.245 e. The lowest BCUT2D eigenvalue weighted by Gasteiger charge is -2.36. The molecule has 3 aromatic heterocycles. The average Bonchev–Trinajstić information content (AvgIpc) is 3.68. The lowest BCUT2D eigenvalue weighted by Crippen LogP contribution is -2.51. The van der Waals surface area contributed by atoms with E-state index in [0.29, 0.717) is 25.4 Å². The van der Waals surface area contributed by atoms with E-state index in [9.17, 15) is 12.8 Å². The fraction of sp³-hybridized carbons (Fsp3) is 0.583. The second kappa shape index (κ2) is 13.3. The Kier molecular flexibility index (Phi) is 9.82. The number of methoxy groups -OCH3 is 3. The van der Waals surface area contributed by atoms with E-state index in [-0.39, 0.29) is 43.7 Å². The molecule has 1 N–H and O–H groups in total. The summed E-state index contributed by atoms with van der Waals surface area (Å²) >= 11 is 0. The number of anilines is 2. The number of sulfonamides is 1. The normalized spacial score (nSPS) is 20.7. The molecular formula is C24H36FN9O6S. The summed E-state index contributed by atoms with van der Waals surface area (Å²) in [7, 11) is 0.241. The summed E-state index contributed by atoms with van der Waals surface area (Å²) in [5.41, 5.74) is 0.218. The topological polar surface area (TPSA) is 169 Å². The first-order valence-electron chi connectivity index (χ1n) is 13.1. The molecule has 0 unspecified atom stereocenters. The van der Waals surface area contributed by atoms with Crippen molar-refractivity contribution in [2.24, 2.45) is 0 Å². The van der Waals surface area contributed by atoms with E-state index < -0.39 is 33.3 Å². The zero-order valence-corrected chi connectivity index (χ0v) is 24.3. The van der Waals surface area contributed by atoms with Crippen LogP contribution in [0.15, 0.2) is 18.7 Å². The molecule has 0 radical (unpaired) electrons. The molecular weight excluding hydrogens is 561 g/mol. The van der Waals surface area contributed by atoms with Crippen molar-refractivity contribution in [1.29, 1.82) is 0 Å². The Morgan fingerprint density at radius 3 is 2.32 bits per heavy atom. The van der Waals surface area contributed by atoms with Crippen LogP contribution >= 0.6 is 0 Å². The number of ether oxygens (including phenoxy) is 4. The molecule has 2 aliphatic heterocycles. The molecule has 0 amide bonds. The molecule has 2 aliphatic rings. The largest absolute Gasteiger partial charge is 0.479 e. The molecule has 5 rings (SSSR count). The van der Waals surface area contributed by atoms with Crippen LogP contribution < -0.4 is 19.1 Å². The van der Waals surface area contributed by atoms with Crippen LogP contribution in [0.25, 0.3) is 5.69 Å². The van der Waals surface area contributed by atoms with Gasteiger partial charge in [0.1, 0.15) is 17.7 Å². The Hall–Kier alpha value is -3.70. The van der Waals surface area contributed by atoms with Crippen LogP contribution in [0.5, 0.6) is 11.8 Å². The molecule has 41 heavy (non-hydrogen) atoms. The minimum atomic E-state index is -4.10. The van der Waals surface area contributed by atoms with Gasteiger partial charge < -0.3 is 23.8 Å². The fourth-order valence-electron chi connectivity index (χ4n) is 4.66. The van der Waals surface area contributed by atoms with Gasteiger partial charge in [-0.3, -0.25) is 9.29 Å². The van der Waals surface area contributed by atoms with Crippen molar-refractivity contribution in [3.63, 3.8) is 0 Å². The zero-order valence-electron chi connectivity index (χ0n) is 23.5. The molecule has 0 aliphatic carbocycles. The van der Waals surface area contributed by atoms with Crippen molar-refractivity contribution in [3.05, 3.63) is 30.4 Å². The summed E-state index contributed by atoms with van der Waals surface area (Å²) in [6.07, 6.45) is 4.09. The Morgan fingerprint density at radius 2 is 1.73 bits per heavy atom. The maximum absolute atomic E-state index is 13.8. The molecule has 3 aromatic rings. The minimum Gasteiger partial charge on any atom is -0.479 e. The van der Waals surface area contributed by atoms with Crippen molar-refractivity contribution in [2.75, 3.05) is 50.6 Å². The molecule has 3 atom stereocenters. The van der Waals surface area contributed by atoms with Crippen molar-refractivity contribution in [3.8, 4) is 17.4 Å². The Balaban J connectivity index is 0.00000158. The van der Waals surface area contributed by atoms with Gasteiger partial charge in [0.05, 0.1) is 32.7 Å². The number of hydrogen-bond donors (Lipinski definition) is 1. The molecule has 2 fully saturated rings. The minimum absolute atomic E-state index is 0. The third-order valence-corrected chi connectivity index (χ3v) is 8.23. The van der Waals surface area contributed by atoms with E-state index in [4.69, 9.17) is 18.9 Å². The molecule has 0 saturated carbocycles. The number of nitrogens with one attached hydrogen (secondary N) is 1. The van der Waals surface area contributed by atoms with Crippen LogP contribution in [0, 0.1) is 5.82 Å². The Bertz CT molecular complexity index is 1390. The number of aromatic nitrogens is 7. The number of hydrogen-bond acceptors (Lipinski definition) is 13. The van der Waals surface area contributed by atoms with Gasteiger partial charge in [-0.2, -0.15) is 9.97 Å². The van der Waals surface area contributed by atoms with Gasteiger partial charge >= 0.3 is 0 Å². The lowest BCUT2D eigenvalue weighted by molar-refractivity contribution is 0.0898. The van der Waals surface area contributed by atoms with Crippen LogP contribution in [0.1, 0.15) is 46.5 Å². The van der Waals surface area contributed by atoms with Crippen molar-refractivity contribution >= 4 is 21.9 Å². The smallest absolute Gasteiger partial charge is 0.245 e. The molecule has 0 aromatic carbocycles. The lowest BCUT2D eigenvalue weighted by atomic mass is 10.1. The van der Waals surface area contributed by atoms with E-state index in [1.165, 1.54) is 32.2 Å². The van der Waals surface area contributed by atoms with E-state index in [1.54, 1.807) is 4.90 Å². The molecule has 2 saturated heterocycles. The Morgan fingerprint density at radius 1 is 1.05 bits per heavy atom. The molecule has 15 nitrogen and oxygen atoms in total. The predicted molar refractivity (Wildman–Crippen MR) is 147 cm³/mol. The van der Waals surface area contributed by atoms with Gasteiger partial charge in [-0.1, -0.05) is 13.8 Å². The van der Waals surface area contributed by atoms with E-state index in [1.807, 2.05) is 13.8 Å². The zero-order chi connectivity index (χ0) is 29.6. The number of halogens is 1. The summed E-state index contributed by atoms with van der Waals surface area (Å²) < 4.78 is 67.2. The van der Waals surface area contributed by atoms with Gasteiger partial charge in [-0.15, -0.1) is 10.2 Å². The molecule has 5 heterocycles. The summed E-state index contributed by atoms with van der Waals surface area (Å²) in [6, 6.07) is 0. The second-order valence-corrected chi connectivity index (χ2v) is 10.9. The van der Waals surface area contributed by atoms with Crippen LogP contribution in [0.2, 0.25) is 0 Å². The fourth-order valence-corrected chi connectivity index (χ4v) is 6.05. The summed E-state index contributed by atoms with van der Waals surface area (Å²) in [4.78, 5) is 17.9. The highest BCUT2D eigenvalue weighted by atomic mass is 32.2. The first kappa shape index (κ1) is 30.3. The van der Waals surface area contributed by atoms with Gasteiger partial charge in [0.2, 0.25) is 33.7 Å². The van der Waals surface area contributed by atoms with Gasteiger partial charge in [0.15, 0.2) is 17.3 Å². The second-order valence-electron chi connectivity index (χ2n) is 8.93. The number of nitrogens with zero attached hydrogens (tertiary/aromatic N) is 8. The van der Waals surface area contributed by atoms with Crippen molar-refractivity contribution in [1.82, 2.24) is 34.7 Å². The van der Waals surface area contributed by atoms with E-state index in [2.05, 4.69) is 34.9 Å². The van der Waals surface area contributed by atoms with Gasteiger partial charge in [-0.05, 0) is 19.3 Å². The molecule has 0 spiro atoms. The average molecular weight is 598 g/mol. The third kappa shape index (κ3) is 6.46. The van der Waals surface area contributed by atoms with Gasteiger partial charge in [0, 0.05) is 28.2 Å². The van der Waals surface area contributed by atoms with Gasteiger partial charge in [0.25, 0.3) is 0 Å². The maximum atomic E-state index is 13.8. The van der Waals surface area contributed by atoms with Crippen LogP contribution in [0.3, 0.4) is 0 Å². The highest BCUT2D eigenvalue weighted by Gasteiger charge is 2.39. The monoisotopic (exact) mass is 597 g/mol. The molecule has 0 bridgehead atoms. The van der Waals surface area contributed by atoms with Crippen LogP contribution in [-0.2, 0) is 19.5 Å². The first-order valence-corrected chi connectivity index (χ1v) is 14.7.